The lowest BCUT2D eigenvalue weighted by molar-refractivity contribution is -0.131. The zero-order chi connectivity index (χ0) is 20.3. The van der Waals surface area contributed by atoms with Crippen LogP contribution in [0.25, 0.3) is 6.08 Å². The topological polar surface area (TPSA) is 86.0 Å². The molecule has 0 atom stereocenters. The summed E-state index contributed by atoms with van der Waals surface area (Å²) >= 11 is 1.57. The molecule has 0 unspecified atom stereocenters. The van der Waals surface area contributed by atoms with Crippen molar-refractivity contribution < 1.29 is 19.1 Å². The van der Waals surface area contributed by atoms with E-state index in [-0.39, 0.29) is 5.54 Å². The van der Waals surface area contributed by atoms with E-state index in [1.165, 1.54) is 11.0 Å². The second kappa shape index (κ2) is 8.12. The van der Waals surface area contributed by atoms with Gasteiger partial charge in [0.15, 0.2) is 5.88 Å². The Labute approximate surface area is 168 Å². The molecule has 1 aromatic heterocycles. The van der Waals surface area contributed by atoms with E-state index >= 15 is 0 Å². The fourth-order valence-corrected chi connectivity index (χ4v) is 3.42. The highest BCUT2D eigenvalue weighted by Gasteiger charge is 2.37. The van der Waals surface area contributed by atoms with Crippen LogP contribution >= 0.6 is 11.9 Å². The first-order valence-corrected chi connectivity index (χ1v) is 9.64. The van der Waals surface area contributed by atoms with Gasteiger partial charge in [0.05, 0.1) is 11.4 Å². The van der Waals surface area contributed by atoms with Gasteiger partial charge in [-0.05, 0) is 62.1 Å². The van der Waals surface area contributed by atoms with Gasteiger partial charge in [-0.1, -0.05) is 0 Å². The SMILES string of the molecule is CN(C=O)c1ccc(SNC2(C)CC2)cc1N(C)c1ccc(/C=C/C(=O)O)o1. The predicted molar refractivity (Wildman–Crippen MR) is 111 cm³/mol. The van der Waals surface area contributed by atoms with Gasteiger partial charge in [-0.2, -0.15) is 0 Å². The molecule has 7 nitrogen and oxygen atoms in total. The number of carbonyl (C=O) groups is 2. The van der Waals surface area contributed by atoms with Gasteiger partial charge in [0, 0.05) is 36.7 Å². The summed E-state index contributed by atoms with van der Waals surface area (Å²) in [6.07, 6.45) is 5.50. The van der Waals surface area contributed by atoms with Gasteiger partial charge in [-0.15, -0.1) is 0 Å². The van der Waals surface area contributed by atoms with Crippen LogP contribution in [0.4, 0.5) is 17.3 Å². The Kier molecular flexibility index (Phi) is 5.81. The summed E-state index contributed by atoms with van der Waals surface area (Å²) in [4.78, 5) is 26.4. The van der Waals surface area contributed by atoms with E-state index in [4.69, 9.17) is 9.52 Å². The first kappa shape index (κ1) is 20.0. The summed E-state index contributed by atoms with van der Waals surface area (Å²) in [6, 6.07) is 9.32. The number of hydrogen-bond donors (Lipinski definition) is 2. The van der Waals surface area contributed by atoms with Crippen molar-refractivity contribution in [1.82, 2.24) is 4.72 Å². The molecule has 148 valence electrons. The van der Waals surface area contributed by atoms with Crippen molar-refractivity contribution in [2.75, 3.05) is 23.9 Å². The molecule has 1 fully saturated rings. The third-order valence-corrected chi connectivity index (χ3v) is 5.68. The van der Waals surface area contributed by atoms with Crippen LogP contribution in [0.15, 0.2) is 45.7 Å². The Morgan fingerprint density at radius 1 is 1.25 bits per heavy atom. The summed E-state index contributed by atoms with van der Waals surface area (Å²) in [5.41, 5.74) is 1.73. The molecule has 0 bridgehead atoms. The van der Waals surface area contributed by atoms with Crippen molar-refractivity contribution in [2.45, 2.75) is 30.2 Å². The average Bonchev–Trinajstić information content (AvgIpc) is 3.24. The number of carboxylic acid groups (broad SMARTS) is 1. The maximum Gasteiger partial charge on any atom is 0.328 e. The summed E-state index contributed by atoms with van der Waals surface area (Å²) in [6.45, 7) is 2.19. The van der Waals surface area contributed by atoms with Crippen LogP contribution in [0.3, 0.4) is 0 Å². The fraction of sp³-hybridized carbons (Fsp3) is 0.300. The van der Waals surface area contributed by atoms with Crippen molar-refractivity contribution in [1.29, 1.82) is 0 Å². The van der Waals surface area contributed by atoms with Gasteiger partial charge >= 0.3 is 5.97 Å². The van der Waals surface area contributed by atoms with Crippen LogP contribution < -0.4 is 14.5 Å². The van der Waals surface area contributed by atoms with Gasteiger partial charge in [-0.25, -0.2) is 4.79 Å². The van der Waals surface area contributed by atoms with Gasteiger partial charge in [0.1, 0.15) is 5.76 Å². The number of anilines is 3. The van der Waals surface area contributed by atoms with Crippen LogP contribution in [0, 0.1) is 0 Å². The molecule has 1 aliphatic carbocycles. The Morgan fingerprint density at radius 3 is 2.64 bits per heavy atom. The highest BCUT2D eigenvalue weighted by atomic mass is 32.2. The molecule has 0 aliphatic heterocycles. The summed E-state index contributed by atoms with van der Waals surface area (Å²) in [5, 5.41) is 8.75. The molecule has 28 heavy (non-hydrogen) atoms. The molecule has 1 saturated carbocycles. The van der Waals surface area contributed by atoms with E-state index < -0.39 is 5.97 Å². The number of furan rings is 1. The van der Waals surface area contributed by atoms with Crippen LogP contribution in [0.5, 0.6) is 0 Å². The quantitative estimate of drug-likeness (QED) is 0.374. The van der Waals surface area contributed by atoms with Gasteiger partial charge in [0.2, 0.25) is 6.41 Å². The first-order valence-electron chi connectivity index (χ1n) is 8.82. The Morgan fingerprint density at radius 2 is 2.00 bits per heavy atom. The van der Waals surface area contributed by atoms with Gasteiger partial charge in [-0.3, -0.25) is 9.52 Å². The largest absolute Gasteiger partial charge is 0.478 e. The fourth-order valence-electron chi connectivity index (χ4n) is 2.55. The van der Waals surface area contributed by atoms with Crippen molar-refractivity contribution in [3.63, 3.8) is 0 Å². The zero-order valence-electron chi connectivity index (χ0n) is 16.0. The van der Waals surface area contributed by atoms with Crippen molar-refractivity contribution in [2.24, 2.45) is 0 Å². The maximum absolute atomic E-state index is 11.3. The highest BCUT2D eigenvalue weighted by molar-refractivity contribution is 7.97. The van der Waals surface area contributed by atoms with Gasteiger partial charge < -0.3 is 19.3 Å². The normalized spacial score (nSPS) is 14.8. The smallest absolute Gasteiger partial charge is 0.328 e. The van der Waals surface area contributed by atoms with E-state index in [9.17, 15) is 9.59 Å². The molecular formula is C20H23N3O4S. The lowest BCUT2D eigenvalue weighted by atomic mass is 10.2. The van der Waals surface area contributed by atoms with E-state index in [1.54, 1.807) is 31.1 Å². The minimum atomic E-state index is -1.04. The average molecular weight is 401 g/mol. The molecule has 2 aromatic rings. The third-order valence-electron chi connectivity index (χ3n) is 4.59. The molecule has 2 N–H and O–H groups in total. The molecule has 0 saturated heterocycles. The Bertz CT molecular complexity index is 905. The second-order valence-corrected chi connectivity index (χ2v) is 7.92. The van der Waals surface area contributed by atoms with Crippen LogP contribution in [0.2, 0.25) is 0 Å². The number of benzene rings is 1. The monoisotopic (exact) mass is 401 g/mol. The standard InChI is InChI=1S/C20H23N3O4S/c1-20(10-11-20)21-28-15-6-7-16(22(2)13-24)17(12-15)23(3)18-8-4-14(27-18)5-9-19(25)26/h4-9,12-13,21H,10-11H2,1-3H3,(H,25,26)/b9-5+. The zero-order valence-corrected chi connectivity index (χ0v) is 16.8. The van der Waals surface area contributed by atoms with E-state index in [0.717, 1.165) is 41.6 Å². The maximum atomic E-state index is 11.3. The molecule has 1 heterocycles. The molecular weight excluding hydrogens is 378 g/mol. The molecule has 3 rings (SSSR count). The summed E-state index contributed by atoms with van der Waals surface area (Å²) < 4.78 is 9.21. The minimum absolute atomic E-state index is 0.196. The Balaban J connectivity index is 1.88. The van der Waals surface area contributed by atoms with Gasteiger partial charge in [0.25, 0.3) is 0 Å². The first-order chi connectivity index (χ1) is 13.3. The predicted octanol–water partition coefficient (Wildman–Crippen LogP) is 3.89. The van der Waals surface area contributed by atoms with Crippen molar-refractivity contribution in [3.05, 3.63) is 42.2 Å². The molecule has 0 radical (unpaired) electrons. The van der Waals surface area contributed by atoms with Crippen LogP contribution in [-0.4, -0.2) is 37.1 Å². The number of rotatable bonds is 9. The van der Waals surface area contributed by atoms with Crippen LogP contribution in [-0.2, 0) is 9.59 Å². The second-order valence-electron chi connectivity index (χ2n) is 7.04. The molecule has 0 spiro atoms. The summed E-state index contributed by atoms with van der Waals surface area (Å²) in [7, 11) is 3.53. The number of carbonyl (C=O) groups excluding carboxylic acids is 1. The Hall–Kier alpha value is -2.71. The lowest BCUT2D eigenvalue weighted by Gasteiger charge is -2.24. The number of nitrogens with one attached hydrogen (secondary N) is 1. The molecule has 1 aromatic carbocycles. The number of carboxylic acids is 1. The molecule has 1 aliphatic rings. The minimum Gasteiger partial charge on any atom is -0.478 e. The number of nitrogens with zero attached hydrogens (tertiary/aromatic N) is 2. The number of aliphatic carboxylic acids is 1. The molecule has 8 heteroatoms. The lowest BCUT2D eigenvalue weighted by Crippen LogP contribution is -2.21. The van der Waals surface area contributed by atoms with E-state index in [1.807, 2.05) is 30.1 Å². The van der Waals surface area contributed by atoms with Crippen molar-refractivity contribution in [3.8, 4) is 0 Å². The van der Waals surface area contributed by atoms with Crippen LogP contribution in [0.1, 0.15) is 25.5 Å². The third kappa shape index (κ3) is 4.76. The van der Waals surface area contributed by atoms with E-state index in [0.29, 0.717) is 11.6 Å². The summed E-state index contributed by atoms with van der Waals surface area (Å²) in [5.74, 6) is -0.0685. The number of amides is 1. The van der Waals surface area contributed by atoms with Crippen molar-refractivity contribution >= 4 is 47.7 Å². The highest BCUT2D eigenvalue weighted by Crippen LogP contribution is 2.40. The number of hydrogen-bond acceptors (Lipinski definition) is 6. The molecule has 1 amide bonds. The van der Waals surface area contributed by atoms with E-state index in [2.05, 4.69) is 11.6 Å².